The van der Waals surface area contributed by atoms with Crippen LogP contribution in [0.1, 0.15) is 7.43 Å². The number of rotatable bonds is 3. The molecule has 0 unspecified atom stereocenters. The lowest BCUT2D eigenvalue weighted by Crippen LogP contribution is -2.12. The second kappa shape index (κ2) is 8.19. The van der Waals surface area contributed by atoms with Gasteiger partial charge in [0.15, 0.2) is 0 Å². The molecule has 0 bridgehead atoms. The third-order valence-electron chi connectivity index (χ3n) is 4.22. The average molecular weight is 371 g/mol. The highest BCUT2D eigenvalue weighted by molar-refractivity contribution is 6.18. The average Bonchev–Trinajstić information content (AvgIpc) is 3.30. The van der Waals surface area contributed by atoms with Crippen LogP contribution in [0.2, 0.25) is 0 Å². The number of alkyl halides is 1. The largest absolute Gasteiger partial charge is 0.490 e. The van der Waals surface area contributed by atoms with E-state index >= 15 is 0 Å². The molecule has 0 saturated carbocycles. The van der Waals surface area contributed by atoms with E-state index in [-0.39, 0.29) is 7.43 Å². The fourth-order valence-electron chi connectivity index (χ4n) is 3.11. The van der Waals surface area contributed by atoms with E-state index in [1.165, 1.54) is 10.9 Å². The third kappa shape index (κ3) is 3.51. The van der Waals surface area contributed by atoms with Gasteiger partial charge in [-0.05, 0) is 24.3 Å². The van der Waals surface area contributed by atoms with Gasteiger partial charge in [0.05, 0.1) is 23.5 Å². The lowest BCUT2D eigenvalue weighted by Gasteiger charge is -2.16. The zero-order valence-electron chi connectivity index (χ0n) is 13.7. The molecule has 1 N–H and O–H groups in total. The Morgan fingerprint density at radius 3 is 2.81 bits per heavy atom. The van der Waals surface area contributed by atoms with Crippen molar-refractivity contribution in [1.82, 2.24) is 9.55 Å². The molecule has 2 aromatic carbocycles. The van der Waals surface area contributed by atoms with Crippen molar-refractivity contribution < 1.29 is 9.47 Å². The van der Waals surface area contributed by atoms with E-state index in [2.05, 4.69) is 27.9 Å². The number of para-hydroxylation sites is 2. The number of nitrogens with zero attached hydrogens (tertiary/aromatic N) is 1. The number of fused-ring (bicyclic) bond motifs is 1. The molecule has 136 valence electrons. The first-order valence-electron chi connectivity index (χ1n) is 8.32. The molecule has 0 aliphatic carbocycles. The predicted molar refractivity (Wildman–Crippen MR) is 109 cm³/mol. The number of nitrogens with one attached hydrogen (secondary N) is 1. The molecule has 5 heteroatoms. The van der Waals surface area contributed by atoms with Crippen molar-refractivity contribution in [2.24, 2.45) is 0 Å². The minimum absolute atomic E-state index is 0. The van der Waals surface area contributed by atoms with E-state index < -0.39 is 0 Å². The standard InChI is InChI=1S/C10H10ClNO.C10H9NO.CH4/c11-5-7-13-9-3-1-2-8-4-6-12-10(8)9;1-2-8-4-5-11-6-7-12-9(3-1)10(8)11;/h1-4,6,12H,5,7H2;1-5H,6-7H2;1H4. The van der Waals surface area contributed by atoms with E-state index in [1.807, 2.05) is 42.6 Å². The smallest absolute Gasteiger partial charge is 0.143 e. The summed E-state index contributed by atoms with van der Waals surface area (Å²) in [7, 11) is 0. The van der Waals surface area contributed by atoms with Crippen molar-refractivity contribution in [2.75, 3.05) is 19.1 Å². The summed E-state index contributed by atoms with van der Waals surface area (Å²) in [6.07, 6.45) is 4.02. The van der Waals surface area contributed by atoms with E-state index in [9.17, 15) is 0 Å². The first-order chi connectivity index (χ1) is 12.4. The lowest BCUT2D eigenvalue weighted by molar-refractivity contribution is 0.287. The first kappa shape index (κ1) is 18.2. The Balaban J connectivity index is 0.000000145. The highest BCUT2D eigenvalue weighted by atomic mass is 35.5. The summed E-state index contributed by atoms with van der Waals surface area (Å²) in [5, 5.41) is 2.43. The van der Waals surface area contributed by atoms with Gasteiger partial charge in [-0.15, -0.1) is 11.6 Å². The summed E-state index contributed by atoms with van der Waals surface area (Å²) in [5.41, 5.74) is 2.27. The number of aromatic nitrogens is 2. The van der Waals surface area contributed by atoms with E-state index in [0.717, 1.165) is 35.6 Å². The van der Waals surface area contributed by atoms with Gasteiger partial charge >= 0.3 is 0 Å². The molecule has 4 aromatic rings. The molecule has 0 saturated heterocycles. The topological polar surface area (TPSA) is 39.2 Å². The van der Waals surface area contributed by atoms with E-state index in [0.29, 0.717) is 12.5 Å². The minimum atomic E-state index is 0. The molecule has 2 aromatic heterocycles. The Morgan fingerprint density at radius 2 is 1.92 bits per heavy atom. The SMILES string of the molecule is C.ClCCOc1cccc2cc[nH]c12.c1cc2c3c(c1)ccn3CCO2. The van der Waals surface area contributed by atoms with Crippen LogP contribution in [0.3, 0.4) is 0 Å². The molecule has 0 spiro atoms. The van der Waals surface area contributed by atoms with Gasteiger partial charge in [0, 0.05) is 23.2 Å². The van der Waals surface area contributed by atoms with Crippen LogP contribution < -0.4 is 9.47 Å². The molecular weight excluding hydrogens is 348 g/mol. The first-order valence-corrected chi connectivity index (χ1v) is 8.86. The number of aromatic amines is 1. The maximum absolute atomic E-state index is 5.54. The molecule has 0 fully saturated rings. The minimum Gasteiger partial charge on any atom is -0.490 e. The molecule has 0 atom stereocenters. The number of hydrogen-bond acceptors (Lipinski definition) is 2. The Labute approximate surface area is 158 Å². The molecule has 3 heterocycles. The molecule has 4 nitrogen and oxygen atoms in total. The fourth-order valence-corrected chi connectivity index (χ4v) is 3.18. The van der Waals surface area contributed by atoms with Crippen LogP contribution in [0, 0.1) is 0 Å². The van der Waals surface area contributed by atoms with Gasteiger partial charge in [0.25, 0.3) is 0 Å². The van der Waals surface area contributed by atoms with Gasteiger partial charge in [-0.1, -0.05) is 31.7 Å². The number of hydrogen-bond donors (Lipinski definition) is 1. The van der Waals surface area contributed by atoms with Gasteiger partial charge in [-0.3, -0.25) is 0 Å². The van der Waals surface area contributed by atoms with Crippen LogP contribution >= 0.6 is 11.6 Å². The van der Waals surface area contributed by atoms with E-state index in [4.69, 9.17) is 21.1 Å². The van der Waals surface area contributed by atoms with Crippen molar-refractivity contribution in [3.05, 3.63) is 60.9 Å². The predicted octanol–water partition coefficient (Wildman–Crippen LogP) is 5.46. The van der Waals surface area contributed by atoms with Crippen LogP contribution in [0.4, 0.5) is 0 Å². The maximum Gasteiger partial charge on any atom is 0.143 e. The van der Waals surface area contributed by atoms with Gasteiger partial charge in [0.1, 0.15) is 24.7 Å². The zero-order chi connectivity index (χ0) is 17.1. The van der Waals surface area contributed by atoms with Crippen molar-refractivity contribution in [1.29, 1.82) is 0 Å². The Hall–Kier alpha value is -2.59. The molecule has 0 amide bonds. The van der Waals surface area contributed by atoms with Crippen molar-refractivity contribution in [3.63, 3.8) is 0 Å². The Bertz CT molecular complexity index is 990. The summed E-state index contributed by atoms with van der Waals surface area (Å²) in [6.45, 7) is 2.31. The van der Waals surface area contributed by atoms with Gasteiger partial charge in [-0.2, -0.15) is 0 Å². The fraction of sp³-hybridized carbons (Fsp3) is 0.238. The summed E-state index contributed by atoms with van der Waals surface area (Å²) in [5.74, 6) is 2.39. The third-order valence-corrected chi connectivity index (χ3v) is 4.38. The molecule has 1 aliphatic rings. The molecule has 26 heavy (non-hydrogen) atoms. The van der Waals surface area contributed by atoms with Crippen molar-refractivity contribution >= 4 is 33.4 Å². The van der Waals surface area contributed by atoms with Crippen LogP contribution in [-0.2, 0) is 6.54 Å². The maximum atomic E-state index is 5.54. The molecule has 5 rings (SSSR count). The van der Waals surface area contributed by atoms with Gasteiger partial charge in [-0.25, -0.2) is 0 Å². The number of halogens is 1. The summed E-state index contributed by atoms with van der Waals surface area (Å²) in [4.78, 5) is 3.13. The summed E-state index contributed by atoms with van der Waals surface area (Å²) < 4.78 is 13.2. The second-order valence-corrected chi connectivity index (χ2v) is 6.17. The quantitative estimate of drug-likeness (QED) is 0.486. The lowest BCUT2D eigenvalue weighted by atomic mass is 10.2. The molecular formula is C21H23ClN2O2. The number of benzene rings is 2. The normalized spacial score (nSPS) is 12.0. The van der Waals surface area contributed by atoms with Crippen molar-refractivity contribution in [2.45, 2.75) is 14.0 Å². The highest BCUT2D eigenvalue weighted by Crippen LogP contribution is 2.29. The van der Waals surface area contributed by atoms with E-state index in [1.54, 1.807) is 0 Å². The van der Waals surface area contributed by atoms with Crippen LogP contribution in [0.5, 0.6) is 11.5 Å². The number of H-pyrrole nitrogens is 1. The summed E-state index contributed by atoms with van der Waals surface area (Å²) >= 11 is 5.54. The van der Waals surface area contributed by atoms with Crippen LogP contribution in [0.15, 0.2) is 60.9 Å². The van der Waals surface area contributed by atoms with Gasteiger partial charge in [0.2, 0.25) is 0 Å². The molecule has 1 aliphatic heterocycles. The van der Waals surface area contributed by atoms with Crippen molar-refractivity contribution in [3.8, 4) is 11.5 Å². The monoisotopic (exact) mass is 370 g/mol. The number of ether oxygens (including phenoxy) is 2. The van der Waals surface area contributed by atoms with Crippen LogP contribution in [0.25, 0.3) is 21.8 Å². The van der Waals surface area contributed by atoms with Gasteiger partial charge < -0.3 is 19.0 Å². The van der Waals surface area contributed by atoms with Crippen LogP contribution in [-0.4, -0.2) is 28.6 Å². The molecule has 0 radical (unpaired) electrons. The second-order valence-electron chi connectivity index (χ2n) is 5.79. The Morgan fingerprint density at radius 1 is 1.08 bits per heavy atom. The summed E-state index contributed by atoms with van der Waals surface area (Å²) in [6, 6.07) is 16.3. The zero-order valence-corrected chi connectivity index (χ0v) is 14.5. The highest BCUT2D eigenvalue weighted by Gasteiger charge is 2.11. The Kier molecular flexibility index (Phi) is 5.74.